The average molecular weight is 437 g/mol. The SMILES string of the molecule is C[C@]12CCC3C(CC[C@@H]4C[C@H](O)CC[C@]34C)C1CCC2C(=O)Cn1cnc2cncnc21. The Bertz CT molecular complexity index is 1040. The van der Waals surface area contributed by atoms with E-state index < -0.39 is 0 Å². The summed E-state index contributed by atoms with van der Waals surface area (Å²) in [6.07, 6.45) is 15.3. The van der Waals surface area contributed by atoms with Crippen LogP contribution < -0.4 is 0 Å². The number of aliphatic hydroxyl groups is 1. The van der Waals surface area contributed by atoms with Crippen molar-refractivity contribution >= 4 is 16.9 Å². The highest BCUT2D eigenvalue weighted by molar-refractivity contribution is 5.83. The van der Waals surface area contributed by atoms with Crippen molar-refractivity contribution in [3.05, 3.63) is 18.9 Å². The van der Waals surface area contributed by atoms with Crippen LogP contribution >= 0.6 is 0 Å². The summed E-state index contributed by atoms with van der Waals surface area (Å²) in [6, 6.07) is 0. The van der Waals surface area contributed by atoms with Gasteiger partial charge < -0.3 is 9.67 Å². The summed E-state index contributed by atoms with van der Waals surface area (Å²) in [5, 5.41) is 10.3. The van der Waals surface area contributed by atoms with E-state index in [0.29, 0.717) is 29.6 Å². The minimum Gasteiger partial charge on any atom is -0.393 e. The Hall–Kier alpha value is -1.82. The standard InChI is InChI=1S/C26H36N4O2/c1-25-9-7-17(31)11-16(25)3-4-18-19-5-6-21(26(19,2)10-8-20(18)25)23(32)13-30-15-29-22-12-27-14-28-24(22)30/h12,14-21,31H,3-11,13H2,1-2H3/t16-,17-,18?,19?,20?,21?,25+,26+/m1/s1. The zero-order valence-electron chi connectivity index (χ0n) is 19.4. The van der Waals surface area contributed by atoms with Gasteiger partial charge in [-0.25, -0.2) is 15.0 Å². The number of rotatable bonds is 3. The van der Waals surface area contributed by atoms with Gasteiger partial charge in [-0.15, -0.1) is 0 Å². The summed E-state index contributed by atoms with van der Waals surface area (Å²) in [5.41, 5.74) is 2.02. The summed E-state index contributed by atoms with van der Waals surface area (Å²) in [7, 11) is 0. The topological polar surface area (TPSA) is 80.9 Å². The third-order valence-electron chi connectivity index (χ3n) is 10.6. The molecule has 4 unspecified atom stereocenters. The van der Waals surface area contributed by atoms with Crippen LogP contribution in [-0.2, 0) is 11.3 Å². The summed E-state index contributed by atoms with van der Waals surface area (Å²) in [4.78, 5) is 26.3. The van der Waals surface area contributed by atoms with Crippen LogP contribution in [0.3, 0.4) is 0 Å². The Morgan fingerprint density at radius 3 is 2.75 bits per heavy atom. The third-order valence-corrected chi connectivity index (χ3v) is 10.6. The molecular formula is C26H36N4O2. The van der Waals surface area contributed by atoms with E-state index in [0.717, 1.165) is 42.3 Å². The van der Waals surface area contributed by atoms with Gasteiger partial charge >= 0.3 is 0 Å². The minimum atomic E-state index is -0.0866. The molecule has 0 radical (unpaired) electrons. The summed E-state index contributed by atoms with van der Waals surface area (Å²) >= 11 is 0. The van der Waals surface area contributed by atoms with Crippen LogP contribution in [-0.4, -0.2) is 36.5 Å². The van der Waals surface area contributed by atoms with Gasteiger partial charge in [0.25, 0.3) is 0 Å². The molecule has 4 fully saturated rings. The molecule has 2 aromatic rings. The number of imidazole rings is 1. The number of carbonyl (C=O) groups is 1. The van der Waals surface area contributed by atoms with E-state index in [2.05, 4.69) is 28.8 Å². The number of hydrogen-bond acceptors (Lipinski definition) is 5. The Morgan fingerprint density at radius 1 is 1.06 bits per heavy atom. The molecule has 6 rings (SSSR count). The number of aromatic nitrogens is 4. The largest absolute Gasteiger partial charge is 0.393 e. The van der Waals surface area contributed by atoms with Gasteiger partial charge in [0.2, 0.25) is 0 Å². The lowest BCUT2D eigenvalue weighted by Gasteiger charge is -2.60. The van der Waals surface area contributed by atoms with Crippen molar-refractivity contribution in [2.75, 3.05) is 0 Å². The van der Waals surface area contributed by atoms with Gasteiger partial charge in [0.05, 0.1) is 25.2 Å². The van der Waals surface area contributed by atoms with Crippen molar-refractivity contribution in [2.45, 2.75) is 84.3 Å². The van der Waals surface area contributed by atoms with Gasteiger partial charge in [-0.1, -0.05) is 13.8 Å². The maximum atomic E-state index is 13.6. The fourth-order valence-corrected chi connectivity index (χ4v) is 8.97. The zero-order valence-corrected chi connectivity index (χ0v) is 19.4. The Morgan fingerprint density at radius 2 is 1.88 bits per heavy atom. The predicted molar refractivity (Wildman–Crippen MR) is 122 cm³/mol. The van der Waals surface area contributed by atoms with E-state index >= 15 is 0 Å². The molecule has 2 heterocycles. The van der Waals surface area contributed by atoms with Crippen molar-refractivity contribution in [1.29, 1.82) is 0 Å². The van der Waals surface area contributed by atoms with Gasteiger partial charge in [-0.3, -0.25) is 4.79 Å². The van der Waals surface area contributed by atoms with E-state index in [1.807, 2.05) is 4.57 Å². The van der Waals surface area contributed by atoms with Crippen LogP contribution in [0.15, 0.2) is 18.9 Å². The molecule has 8 atom stereocenters. The van der Waals surface area contributed by atoms with Gasteiger partial charge in [-0.2, -0.15) is 0 Å². The molecular weight excluding hydrogens is 400 g/mol. The molecule has 0 bridgehead atoms. The molecule has 172 valence electrons. The fraction of sp³-hybridized carbons (Fsp3) is 0.769. The molecule has 0 spiro atoms. The molecule has 0 saturated heterocycles. The Kier molecular flexibility index (Phi) is 4.76. The summed E-state index contributed by atoms with van der Waals surface area (Å²) in [5.74, 6) is 3.38. The monoisotopic (exact) mass is 436 g/mol. The molecule has 6 nitrogen and oxygen atoms in total. The summed E-state index contributed by atoms with van der Waals surface area (Å²) in [6.45, 7) is 5.33. The fourth-order valence-electron chi connectivity index (χ4n) is 8.97. The van der Waals surface area contributed by atoms with Crippen molar-refractivity contribution in [2.24, 2.45) is 40.4 Å². The van der Waals surface area contributed by atoms with Crippen LogP contribution in [0.1, 0.15) is 71.6 Å². The lowest BCUT2D eigenvalue weighted by atomic mass is 9.44. The molecule has 32 heavy (non-hydrogen) atoms. The highest BCUT2D eigenvalue weighted by atomic mass is 16.3. The van der Waals surface area contributed by atoms with Crippen molar-refractivity contribution in [1.82, 2.24) is 19.5 Å². The van der Waals surface area contributed by atoms with E-state index in [1.54, 1.807) is 12.5 Å². The van der Waals surface area contributed by atoms with Crippen LogP contribution in [0, 0.1) is 40.4 Å². The van der Waals surface area contributed by atoms with Crippen molar-refractivity contribution < 1.29 is 9.90 Å². The first-order valence-corrected chi connectivity index (χ1v) is 12.7. The molecule has 2 aromatic heterocycles. The van der Waals surface area contributed by atoms with Crippen LogP contribution in [0.25, 0.3) is 11.2 Å². The van der Waals surface area contributed by atoms with Gasteiger partial charge in [0.15, 0.2) is 11.4 Å². The molecule has 4 aliphatic carbocycles. The van der Waals surface area contributed by atoms with Crippen LogP contribution in [0.5, 0.6) is 0 Å². The van der Waals surface area contributed by atoms with Crippen LogP contribution in [0.4, 0.5) is 0 Å². The molecule has 1 N–H and O–H groups in total. The number of Topliss-reactive ketones (excluding diaryl/α,β-unsaturated/α-hetero) is 1. The number of nitrogens with zero attached hydrogens (tertiary/aromatic N) is 4. The van der Waals surface area contributed by atoms with E-state index in [4.69, 9.17) is 0 Å². The normalized spacial score (nSPS) is 43.5. The first-order valence-electron chi connectivity index (χ1n) is 12.7. The summed E-state index contributed by atoms with van der Waals surface area (Å²) < 4.78 is 1.90. The molecule has 6 heteroatoms. The Balaban J connectivity index is 1.22. The lowest BCUT2D eigenvalue weighted by molar-refractivity contribution is -0.140. The predicted octanol–water partition coefficient (Wildman–Crippen LogP) is 4.42. The minimum absolute atomic E-state index is 0.0866. The molecule has 4 aliphatic rings. The number of ketones is 1. The van der Waals surface area contributed by atoms with Gasteiger partial charge in [-0.05, 0) is 92.3 Å². The smallest absolute Gasteiger partial charge is 0.163 e. The number of hydrogen-bond donors (Lipinski definition) is 1. The van der Waals surface area contributed by atoms with Crippen molar-refractivity contribution in [3.63, 3.8) is 0 Å². The molecule has 4 saturated carbocycles. The molecule has 0 aliphatic heterocycles. The second-order valence-corrected chi connectivity index (χ2v) is 11.8. The highest BCUT2D eigenvalue weighted by Crippen LogP contribution is 2.67. The third kappa shape index (κ3) is 2.94. The molecule has 0 amide bonds. The molecule has 0 aromatic carbocycles. The van der Waals surface area contributed by atoms with E-state index in [1.165, 1.54) is 44.9 Å². The number of aliphatic hydroxyl groups excluding tert-OH is 1. The quantitative estimate of drug-likeness (QED) is 0.771. The van der Waals surface area contributed by atoms with Crippen molar-refractivity contribution in [3.8, 4) is 0 Å². The maximum absolute atomic E-state index is 13.6. The second kappa shape index (κ2) is 7.34. The van der Waals surface area contributed by atoms with E-state index in [9.17, 15) is 9.90 Å². The maximum Gasteiger partial charge on any atom is 0.163 e. The van der Waals surface area contributed by atoms with E-state index in [-0.39, 0.29) is 17.4 Å². The second-order valence-electron chi connectivity index (χ2n) is 11.8. The first-order chi connectivity index (χ1) is 15.4. The number of fused-ring (bicyclic) bond motifs is 6. The van der Waals surface area contributed by atoms with Gasteiger partial charge in [0, 0.05) is 5.92 Å². The van der Waals surface area contributed by atoms with Gasteiger partial charge in [0.1, 0.15) is 11.8 Å². The highest BCUT2D eigenvalue weighted by Gasteiger charge is 2.61. The zero-order chi connectivity index (χ0) is 22.1. The lowest BCUT2D eigenvalue weighted by Crippen LogP contribution is -2.54. The Labute approximate surface area is 190 Å². The average Bonchev–Trinajstić information content (AvgIpc) is 3.35. The van der Waals surface area contributed by atoms with Crippen LogP contribution in [0.2, 0.25) is 0 Å². The number of carbonyl (C=O) groups excluding carboxylic acids is 1. The first kappa shape index (κ1) is 20.8.